The van der Waals surface area contributed by atoms with Gasteiger partial charge < -0.3 is 75.2 Å². The Morgan fingerprint density at radius 2 is 1.30 bits per heavy atom. The topological polar surface area (TPSA) is 432 Å². The number of hydrogen-bond acceptors (Lipinski definition) is 18. The molecule has 1 amide bonds. The number of hydrogen-bond donors (Lipinski definition) is 13. The summed E-state index contributed by atoms with van der Waals surface area (Å²) in [6.07, 6.45) is 5.50. The second-order valence-corrected chi connectivity index (χ2v) is 13.8. The molecule has 71 heavy (non-hydrogen) atoms. The fourth-order valence-electron chi connectivity index (χ4n) is 4.40. The van der Waals surface area contributed by atoms with Crippen molar-refractivity contribution in [2.45, 2.75) is 85.7 Å². The van der Waals surface area contributed by atoms with Crippen LogP contribution in [-0.4, -0.2) is 139 Å². The van der Waals surface area contributed by atoms with E-state index in [9.17, 15) is 19.2 Å². The van der Waals surface area contributed by atoms with E-state index in [0.29, 0.717) is 59.1 Å². The SMILES string of the molecule is C=CC(=N)N.C=CC(N)=O.C=Cc1nc(C(=O)OCC)c(C)[nH]1.C=Cc1nc(CO)c(C)[nH]1.CCOC(=O)C(Cl)C(C)=O.Cc1[nH]c(C(N)CN)nc1CO.N.[Al].[C-]#[N+]N1CC1c1nc(CO)c(C)[nH]1.[H-].[Li+]. The Hall–Kier alpha value is -6.18. The second-order valence-electron chi connectivity index (χ2n) is 13.4. The number of Topliss-reactive ketones (excluding diaryl/α,β-unsaturated/α-hetero) is 1. The van der Waals surface area contributed by atoms with Crippen LogP contribution in [0.3, 0.4) is 0 Å². The molecule has 5 rings (SSSR count). The van der Waals surface area contributed by atoms with Gasteiger partial charge in [-0.05, 0) is 72.8 Å². The first kappa shape index (κ1) is 73.8. The van der Waals surface area contributed by atoms with Crippen LogP contribution in [0.1, 0.15) is 108 Å². The van der Waals surface area contributed by atoms with E-state index >= 15 is 0 Å². The van der Waals surface area contributed by atoms with Crippen molar-refractivity contribution in [1.82, 2.24) is 51.0 Å². The number of ketones is 1. The summed E-state index contributed by atoms with van der Waals surface area (Å²) >= 11 is 5.32. The maximum Gasteiger partial charge on any atom is 1.00 e. The molecule has 0 aromatic carbocycles. The van der Waals surface area contributed by atoms with Gasteiger partial charge in [-0.3, -0.25) is 15.0 Å². The molecule has 19 N–H and O–H groups in total. The fourth-order valence-corrected chi connectivity index (χ4v) is 4.46. The Balaban J connectivity index is -0.000000179. The van der Waals surface area contributed by atoms with E-state index in [1.54, 1.807) is 37.9 Å². The van der Waals surface area contributed by atoms with Gasteiger partial charge in [-0.15, -0.1) is 11.6 Å². The zero-order valence-corrected chi connectivity index (χ0v) is 43.7. The molecule has 0 aliphatic carbocycles. The number of ether oxygens (including phenoxy) is 2. The maximum absolute atomic E-state index is 11.3. The third kappa shape index (κ3) is 28.9. The minimum Gasteiger partial charge on any atom is -1.00 e. The molecule has 1 aliphatic heterocycles. The van der Waals surface area contributed by atoms with E-state index in [-0.39, 0.29) is 93.9 Å². The van der Waals surface area contributed by atoms with E-state index < -0.39 is 23.2 Å². The first-order valence-corrected chi connectivity index (χ1v) is 20.7. The van der Waals surface area contributed by atoms with Crippen LogP contribution in [0.15, 0.2) is 38.5 Å². The van der Waals surface area contributed by atoms with E-state index in [2.05, 4.69) is 81.6 Å². The second kappa shape index (κ2) is 40.5. The summed E-state index contributed by atoms with van der Waals surface area (Å²) < 4.78 is 9.28. The number of amides is 1. The molecule has 1 aliphatic rings. The minimum absolute atomic E-state index is 0. The van der Waals surface area contributed by atoms with Gasteiger partial charge in [0.15, 0.2) is 22.9 Å². The Morgan fingerprint density at radius 1 is 0.859 bits per heavy atom. The van der Waals surface area contributed by atoms with Crippen molar-refractivity contribution < 1.29 is 64.3 Å². The molecule has 3 unspecified atom stereocenters. The van der Waals surface area contributed by atoms with Crippen LogP contribution in [0.4, 0.5) is 0 Å². The number of imidazole rings is 4. The van der Waals surface area contributed by atoms with Crippen LogP contribution in [0.5, 0.6) is 0 Å². The number of aromatic nitrogens is 8. The maximum atomic E-state index is 11.3. The molecule has 4 aromatic heterocycles. The molecule has 28 heteroatoms. The number of nitrogens with two attached hydrogens (primary N) is 4. The largest absolute Gasteiger partial charge is 1.00 e. The van der Waals surface area contributed by atoms with Crippen molar-refractivity contribution in [3.8, 4) is 0 Å². The molecule has 3 atom stereocenters. The van der Waals surface area contributed by atoms with Gasteiger partial charge in [0.25, 0.3) is 0 Å². The first-order chi connectivity index (χ1) is 32.0. The summed E-state index contributed by atoms with van der Waals surface area (Å²) in [6.45, 7) is 33.7. The zero-order valence-electron chi connectivity index (χ0n) is 42.8. The molecule has 5 heterocycles. The van der Waals surface area contributed by atoms with Crippen molar-refractivity contribution in [3.63, 3.8) is 0 Å². The van der Waals surface area contributed by atoms with Crippen molar-refractivity contribution in [2.24, 2.45) is 22.9 Å². The Kier molecular flexibility index (Phi) is 42.1. The monoisotopic (exact) mass is 1020 g/mol. The van der Waals surface area contributed by atoms with Crippen LogP contribution in [0.25, 0.3) is 17.1 Å². The number of carbonyl (C=O) groups is 4. The molecular formula is C43H70AlClLiN16O9. The van der Waals surface area contributed by atoms with Crippen LogP contribution in [0, 0.1) is 39.7 Å². The number of alkyl halides is 1. The van der Waals surface area contributed by atoms with Crippen molar-refractivity contribution in [2.75, 3.05) is 26.3 Å². The molecular weight excluding hydrogens is 954 g/mol. The smallest absolute Gasteiger partial charge is 1.00 e. The molecule has 1 fully saturated rings. The quantitative estimate of drug-likeness (QED) is 0.00811. The molecule has 4 aromatic rings. The summed E-state index contributed by atoms with van der Waals surface area (Å²) in [5.41, 5.74) is 25.9. The number of aromatic amines is 4. The number of nitrogens with zero attached hydrogens (tertiary/aromatic N) is 6. The van der Waals surface area contributed by atoms with E-state index in [4.69, 9.17) is 60.8 Å². The molecule has 25 nitrogen and oxygen atoms in total. The van der Waals surface area contributed by atoms with E-state index in [0.717, 1.165) is 35.5 Å². The summed E-state index contributed by atoms with van der Waals surface area (Å²) in [6, 6.07) is -0.166. The Morgan fingerprint density at radius 3 is 1.62 bits per heavy atom. The van der Waals surface area contributed by atoms with Crippen LogP contribution in [-0.2, 0) is 43.7 Å². The molecule has 3 radical (unpaired) electrons. The summed E-state index contributed by atoms with van der Waals surface area (Å²) in [7, 11) is 0. The molecule has 0 spiro atoms. The Labute approximate surface area is 443 Å². The van der Waals surface area contributed by atoms with Gasteiger partial charge in [0.2, 0.25) is 5.91 Å². The molecule has 0 bridgehead atoms. The normalized spacial score (nSPS) is 11.7. The third-order valence-corrected chi connectivity index (χ3v) is 8.61. The predicted octanol–water partition coefficient (Wildman–Crippen LogP) is -0.629. The van der Waals surface area contributed by atoms with Crippen molar-refractivity contribution in [1.29, 1.82) is 5.41 Å². The summed E-state index contributed by atoms with van der Waals surface area (Å²) in [4.78, 5) is 73.3. The van der Waals surface area contributed by atoms with E-state index in [1.165, 1.54) is 13.0 Å². The number of nitrogens with one attached hydrogen (secondary N) is 5. The number of aliphatic hydroxyl groups excluding tert-OH is 3. The third-order valence-electron chi connectivity index (χ3n) is 8.13. The first-order valence-electron chi connectivity index (χ1n) is 20.3. The van der Waals surface area contributed by atoms with Crippen LogP contribution < -0.4 is 47.9 Å². The Bertz CT molecular complexity index is 2300. The average molecular weight is 1020 g/mol. The number of rotatable bonds is 15. The van der Waals surface area contributed by atoms with Gasteiger partial charge in [-0.1, -0.05) is 31.3 Å². The number of halogens is 1. The molecule has 1 saturated heterocycles. The number of primary amides is 1. The summed E-state index contributed by atoms with van der Waals surface area (Å²) in [5, 5.41) is 33.3. The average Bonchev–Trinajstić information content (AvgIpc) is 3.54. The van der Waals surface area contributed by atoms with Gasteiger partial charge in [0.1, 0.15) is 35.7 Å². The van der Waals surface area contributed by atoms with Gasteiger partial charge >= 0.3 is 30.8 Å². The zero-order chi connectivity index (χ0) is 52.7. The van der Waals surface area contributed by atoms with Crippen LogP contribution >= 0.6 is 11.6 Å². The number of esters is 2. The standard InChI is InChI=1S/C9H12N2O2.C8H10N4O.C7H14N4O.C7H10N2O.C6H9ClO3.C3H6N2.C3H5NO.Al.Li.H3N.H/c1-4-7-10-6(3)8(11-7)9(12)13-5-2;1-5-6(4-13)11-8(10-5)7-3-12(7)9-2;1-4-6(3-12)11-7(10-4)5(9)2-8;1-3-7-8-5(2)6(4-10)9-7;1-3-10-6(9)5(7)4(2)8;2*1-2-3(4)5;;;;/h4H,1,5H2,2-3H3,(H,10,11);7,13H,3-4H2,1H3,(H,10,11);5,12H,2-3,8-9H2,1H3,(H,10,11);3,10H,1,4H2,2H3,(H,8,9);5H,3H2,1-2H3;2H,1H2,(H3,4,5);2H,1H2,(H2,4,5);;;1H3;/q;;;;;;;;+1;;-1. The van der Waals surface area contributed by atoms with Crippen molar-refractivity contribution >= 4 is 70.6 Å². The van der Waals surface area contributed by atoms with Gasteiger partial charge in [-0.25, -0.2) is 29.5 Å². The van der Waals surface area contributed by atoms with Gasteiger partial charge in [0, 0.05) is 46.7 Å². The van der Waals surface area contributed by atoms with Gasteiger partial charge in [0.05, 0.1) is 56.2 Å². The van der Waals surface area contributed by atoms with Crippen LogP contribution in [0.2, 0.25) is 0 Å². The fraction of sp³-hybridized carbons (Fsp3) is 0.395. The number of aryl methyl sites for hydroxylation is 4. The number of carbonyl (C=O) groups excluding carboxylic acids is 4. The van der Waals surface area contributed by atoms with Gasteiger partial charge in [-0.2, -0.15) is 11.5 Å². The number of H-pyrrole nitrogens is 4. The molecule has 387 valence electrons. The van der Waals surface area contributed by atoms with Crippen molar-refractivity contribution in [3.05, 3.63) is 119 Å². The number of aliphatic hydroxyl groups is 3. The predicted molar refractivity (Wildman–Crippen MR) is 270 cm³/mol. The minimum atomic E-state index is -1.14. The number of amidine groups is 1. The van der Waals surface area contributed by atoms with E-state index in [1.807, 2.05) is 20.8 Å². The summed E-state index contributed by atoms with van der Waals surface area (Å²) in [5.74, 6) is 0.801. The molecule has 0 saturated carbocycles.